The maximum absolute atomic E-state index is 12.8. The second-order valence-corrected chi connectivity index (χ2v) is 7.85. The van der Waals surface area contributed by atoms with Crippen molar-refractivity contribution in [1.82, 2.24) is 0 Å². The van der Waals surface area contributed by atoms with Crippen LogP contribution in [0.4, 0.5) is 17.1 Å². The molecule has 0 unspecified atom stereocenters. The number of furan rings is 1. The van der Waals surface area contributed by atoms with Gasteiger partial charge in [0, 0.05) is 25.2 Å². The number of amides is 1. The molecule has 186 valence electrons. The van der Waals surface area contributed by atoms with Crippen molar-refractivity contribution in [2.75, 3.05) is 43.1 Å². The van der Waals surface area contributed by atoms with E-state index in [0.29, 0.717) is 54.6 Å². The Morgan fingerprint density at radius 3 is 2.67 bits per heavy atom. The molecule has 0 spiro atoms. The molecule has 36 heavy (non-hydrogen) atoms. The largest absolute Gasteiger partial charge is 0.462 e. The molecule has 2 aromatic carbocycles. The molecular formula is C26H25N3O7. The molecule has 4 rings (SSSR count). The van der Waals surface area contributed by atoms with Gasteiger partial charge >= 0.3 is 5.97 Å². The van der Waals surface area contributed by atoms with Crippen molar-refractivity contribution in [2.45, 2.75) is 6.92 Å². The first-order valence-corrected chi connectivity index (χ1v) is 11.4. The van der Waals surface area contributed by atoms with Gasteiger partial charge in [0.2, 0.25) is 5.91 Å². The molecule has 0 atom stereocenters. The number of hydrogen-bond donors (Lipinski definition) is 1. The van der Waals surface area contributed by atoms with Gasteiger partial charge in [0.15, 0.2) is 0 Å². The Morgan fingerprint density at radius 2 is 1.92 bits per heavy atom. The number of carbonyl (C=O) groups excluding carboxylic acids is 2. The molecular weight excluding hydrogens is 466 g/mol. The van der Waals surface area contributed by atoms with E-state index in [4.69, 9.17) is 13.9 Å². The minimum Gasteiger partial charge on any atom is -0.462 e. The molecule has 1 aliphatic rings. The quantitative estimate of drug-likeness (QED) is 0.211. The molecule has 0 bridgehead atoms. The lowest BCUT2D eigenvalue weighted by Gasteiger charge is -2.30. The number of rotatable bonds is 8. The van der Waals surface area contributed by atoms with E-state index in [1.807, 2.05) is 0 Å². The molecule has 0 radical (unpaired) electrons. The standard InChI is InChI=1S/C26H25N3O7/c1-2-35-26(31)18-7-10-23(28-13-15-34-16-14-28)21(17-18)27-25(30)12-9-19-8-11-24(36-19)20-5-3-4-6-22(20)29(32)33/h3-12,17H,2,13-16H2,1H3,(H,27,30)/b12-9+. The zero-order valence-electron chi connectivity index (χ0n) is 19.6. The van der Waals surface area contributed by atoms with Crippen molar-refractivity contribution in [3.05, 3.63) is 82.1 Å². The average Bonchev–Trinajstić information content (AvgIpc) is 3.37. The maximum Gasteiger partial charge on any atom is 0.338 e. The number of nitro benzene ring substituents is 1. The molecule has 1 amide bonds. The van der Waals surface area contributed by atoms with Crippen LogP contribution in [0.1, 0.15) is 23.0 Å². The number of benzene rings is 2. The van der Waals surface area contributed by atoms with E-state index in [1.54, 1.807) is 55.5 Å². The van der Waals surface area contributed by atoms with Crippen LogP contribution in [-0.4, -0.2) is 49.7 Å². The van der Waals surface area contributed by atoms with Crippen LogP contribution in [-0.2, 0) is 14.3 Å². The third kappa shape index (κ3) is 5.78. The van der Waals surface area contributed by atoms with Gasteiger partial charge in [0.05, 0.1) is 47.2 Å². The van der Waals surface area contributed by atoms with E-state index >= 15 is 0 Å². The molecule has 1 aliphatic heterocycles. The van der Waals surface area contributed by atoms with Crippen LogP contribution >= 0.6 is 0 Å². The van der Waals surface area contributed by atoms with Crippen LogP contribution in [0, 0.1) is 10.1 Å². The highest BCUT2D eigenvalue weighted by Crippen LogP contribution is 2.31. The minimum atomic E-state index is -0.477. The van der Waals surface area contributed by atoms with Gasteiger partial charge in [-0.15, -0.1) is 0 Å². The van der Waals surface area contributed by atoms with E-state index in [1.165, 1.54) is 18.2 Å². The van der Waals surface area contributed by atoms with Gasteiger partial charge in [-0.1, -0.05) is 12.1 Å². The van der Waals surface area contributed by atoms with Gasteiger partial charge in [0.25, 0.3) is 5.69 Å². The Kier molecular flexibility index (Phi) is 7.76. The molecule has 0 aliphatic carbocycles. The number of anilines is 2. The van der Waals surface area contributed by atoms with E-state index in [9.17, 15) is 19.7 Å². The van der Waals surface area contributed by atoms with Gasteiger partial charge in [-0.05, 0) is 49.4 Å². The summed E-state index contributed by atoms with van der Waals surface area (Å²) in [6.07, 6.45) is 2.76. The predicted octanol–water partition coefficient (Wildman–Crippen LogP) is 4.52. The number of nitrogens with zero attached hydrogens (tertiary/aromatic N) is 2. The fourth-order valence-corrected chi connectivity index (χ4v) is 3.82. The van der Waals surface area contributed by atoms with Crippen molar-refractivity contribution in [3.8, 4) is 11.3 Å². The number of nitrogens with one attached hydrogen (secondary N) is 1. The normalized spacial score (nSPS) is 13.5. The van der Waals surface area contributed by atoms with Crippen LogP contribution in [0.2, 0.25) is 0 Å². The Bertz CT molecular complexity index is 1290. The molecule has 10 heteroatoms. The summed E-state index contributed by atoms with van der Waals surface area (Å²) >= 11 is 0. The summed E-state index contributed by atoms with van der Waals surface area (Å²) < 4.78 is 16.2. The molecule has 3 aromatic rings. The van der Waals surface area contributed by atoms with Gasteiger partial charge in [-0.2, -0.15) is 0 Å². The second-order valence-electron chi connectivity index (χ2n) is 7.85. The molecule has 1 saturated heterocycles. The number of ether oxygens (including phenoxy) is 2. The van der Waals surface area contributed by atoms with Gasteiger partial charge in [-0.3, -0.25) is 14.9 Å². The summed E-state index contributed by atoms with van der Waals surface area (Å²) in [4.78, 5) is 37.9. The number of nitro groups is 1. The number of para-hydroxylation sites is 1. The number of carbonyl (C=O) groups is 2. The Hall–Kier alpha value is -4.44. The van der Waals surface area contributed by atoms with Crippen molar-refractivity contribution < 1.29 is 28.4 Å². The Balaban J connectivity index is 1.53. The smallest absolute Gasteiger partial charge is 0.338 e. The molecule has 1 aromatic heterocycles. The highest BCUT2D eigenvalue weighted by atomic mass is 16.6. The highest BCUT2D eigenvalue weighted by Gasteiger charge is 2.19. The summed E-state index contributed by atoms with van der Waals surface area (Å²) in [7, 11) is 0. The Labute approximate surface area is 207 Å². The first-order valence-electron chi connectivity index (χ1n) is 11.4. The lowest BCUT2D eigenvalue weighted by Crippen LogP contribution is -2.36. The van der Waals surface area contributed by atoms with Crippen LogP contribution < -0.4 is 10.2 Å². The van der Waals surface area contributed by atoms with Gasteiger partial charge in [-0.25, -0.2) is 4.79 Å². The molecule has 10 nitrogen and oxygen atoms in total. The SMILES string of the molecule is CCOC(=O)c1ccc(N2CCOCC2)c(NC(=O)/C=C/c2ccc(-c3ccccc3[N+](=O)[O-])o2)c1. The van der Waals surface area contributed by atoms with Gasteiger partial charge < -0.3 is 24.1 Å². The average molecular weight is 492 g/mol. The summed E-state index contributed by atoms with van der Waals surface area (Å²) in [5.74, 6) is -0.240. The molecule has 0 saturated carbocycles. The molecule has 1 fully saturated rings. The zero-order valence-corrected chi connectivity index (χ0v) is 19.6. The van der Waals surface area contributed by atoms with Crippen molar-refractivity contribution >= 4 is 35.0 Å². The lowest BCUT2D eigenvalue weighted by atomic mass is 10.1. The summed E-state index contributed by atoms with van der Waals surface area (Å²) in [6.45, 7) is 4.40. The highest BCUT2D eigenvalue weighted by molar-refractivity contribution is 6.05. The third-order valence-corrected chi connectivity index (χ3v) is 5.51. The van der Waals surface area contributed by atoms with Gasteiger partial charge in [0.1, 0.15) is 11.5 Å². The number of morpholine rings is 1. The van der Waals surface area contributed by atoms with E-state index in [-0.39, 0.29) is 12.3 Å². The zero-order chi connectivity index (χ0) is 25.5. The van der Waals surface area contributed by atoms with Crippen LogP contribution in [0.5, 0.6) is 0 Å². The van der Waals surface area contributed by atoms with Crippen molar-refractivity contribution in [1.29, 1.82) is 0 Å². The maximum atomic E-state index is 12.8. The van der Waals surface area contributed by atoms with E-state index in [0.717, 1.165) is 5.69 Å². The van der Waals surface area contributed by atoms with Crippen LogP contribution in [0.25, 0.3) is 17.4 Å². The second kappa shape index (κ2) is 11.3. The number of hydrogen-bond acceptors (Lipinski definition) is 8. The van der Waals surface area contributed by atoms with Crippen LogP contribution in [0.3, 0.4) is 0 Å². The van der Waals surface area contributed by atoms with Crippen molar-refractivity contribution in [2.24, 2.45) is 0 Å². The monoisotopic (exact) mass is 491 g/mol. The first kappa shape index (κ1) is 24.7. The third-order valence-electron chi connectivity index (χ3n) is 5.51. The summed E-state index contributed by atoms with van der Waals surface area (Å²) in [5.41, 5.74) is 1.84. The summed E-state index contributed by atoms with van der Waals surface area (Å²) in [6, 6.07) is 14.5. The predicted molar refractivity (Wildman–Crippen MR) is 134 cm³/mol. The van der Waals surface area contributed by atoms with E-state index < -0.39 is 16.8 Å². The topological polar surface area (TPSA) is 124 Å². The number of esters is 1. The lowest BCUT2D eigenvalue weighted by molar-refractivity contribution is -0.384. The Morgan fingerprint density at radius 1 is 1.14 bits per heavy atom. The molecule has 1 N–H and O–H groups in total. The van der Waals surface area contributed by atoms with Crippen LogP contribution in [0.15, 0.2) is 65.1 Å². The first-order chi connectivity index (χ1) is 17.5. The fourth-order valence-electron chi connectivity index (χ4n) is 3.82. The van der Waals surface area contributed by atoms with E-state index in [2.05, 4.69) is 10.2 Å². The fraction of sp³-hybridized carbons (Fsp3) is 0.231. The van der Waals surface area contributed by atoms with Crippen molar-refractivity contribution in [3.63, 3.8) is 0 Å². The minimum absolute atomic E-state index is 0.0720. The molecule has 2 heterocycles. The summed E-state index contributed by atoms with van der Waals surface area (Å²) in [5, 5.41) is 14.1.